The Morgan fingerprint density at radius 1 is 1.17 bits per heavy atom. The van der Waals surface area contributed by atoms with E-state index in [1.807, 2.05) is 10.6 Å². The van der Waals surface area contributed by atoms with Crippen molar-refractivity contribution < 1.29 is 0 Å². The molecule has 1 saturated heterocycles. The van der Waals surface area contributed by atoms with Gasteiger partial charge >= 0.3 is 5.69 Å². The molecule has 0 saturated carbocycles. The first-order valence-corrected chi connectivity index (χ1v) is 10.6. The van der Waals surface area contributed by atoms with Crippen LogP contribution in [0.3, 0.4) is 0 Å². The topological polar surface area (TPSA) is 69.1 Å². The molecule has 2 N–H and O–H groups in total. The number of anilines is 1. The highest BCUT2D eigenvalue weighted by atomic mass is 16.1. The van der Waals surface area contributed by atoms with Gasteiger partial charge in [-0.1, -0.05) is 36.4 Å². The number of imidazole rings is 1. The van der Waals surface area contributed by atoms with Crippen LogP contribution < -0.4 is 16.3 Å². The van der Waals surface area contributed by atoms with Crippen molar-refractivity contribution in [3.63, 3.8) is 0 Å². The van der Waals surface area contributed by atoms with Crippen molar-refractivity contribution in [3.8, 4) is 0 Å². The summed E-state index contributed by atoms with van der Waals surface area (Å²) in [6.07, 6.45) is 3.90. The Morgan fingerprint density at radius 2 is 2.00 bits per heavy atom. The van der Waals surface area contributed by atoms with E-state index in [-0.39, 0.29) is 11.7 Å². The maximum atomic E-state index is 13.2. The number of rotatable bonds is 3. The zero-order chi connectivity index (χ0) is 20.8. The quantitative estimate of drug-likeness (QED) is 0.573. The third-order valence-electron chi connectivity index (χ3n) is 6.43. The van der Waals surface area contributed by atoms with Gasteiger partial charge in [-0.05, 0) is 47.7 Å². The van der Waals surface area contributed by atoms with Crippen molar-refractivity contribution in [2.75, 3.05) is 18.0 Å². The van der Waals surface area contributed by atoms with Crippen molar-refractivity contribution in [1.29, 1.82) is 0 Å². The largest absolute Gasteiger partial charge is 0.368 e. The zero-order valence-corrected chi connectivity index (χ0v) is 17.5. The first-order valence-electron chi connectivity index (χ1n) is 10.6. The number of nitrogens with two attached hydrogens (primary N) is 1. The van der Waals surface area contributed by atoms with E-state index in [4.69, 9.17) is 5.73 Å². The normalized spacial score (nSPS) is 17.2. The van der Waals surface area contributed by atoms with Crippen molar-refractivity contribution in [2.45, 2.75) is 32.4 Å². The van der Waals surface area contributed by atoms with Gasteiger partial charge in [0.1, 0.15) is 5.52 Å². The second-order valence-electron chi connectivity index (χ2n) is 8.35. The average Bonchev–Trinajstić information content (AvgIpc) is 3.01. The number of fused-ring (bicyclic) bond motifs is 2. The number of hydrogen-bond acceptors (Lipinski definition) is 4. The van der Waals surface area contributed by atoms with Gasteiger partial charge in [-0.2, -0.15) is 0 Å². The van der Waals surface area contributed by atoms with Gasteiger partial charge in [-0.15, -0.1) is 0 Å². The summed E-state index contributed by atoms with van der Waals surface area (Å²) >= 11 is 0. The summed E-state index contributed by atoms with van der Waals surface area (Å²) in [5.41, 5.74) is 11.2. The summed E-state index contributed by atoms with van der Waals surface area (Å²) in [6, 6.07) is 14.8. The molecule has 0 aliphatic carbocycles. The summed E-state index contributed by atoms with van der Waals surface area (Å²) in [5, 5.41) is 2.44. The van der Waals surface area contributed by atoms with Crippen LogP contribution in [0.15, 0.2) is 53.5 Å². The minimum absolute atomic E-state index is 0.0428. The highest BCUT2D eigenvalue weighted by Crippen LogP contribution is 2.29. The molecule has 3 heterocycles. The molecule has 0 amide bonds. The molecule has 1 aliphatic rings. The highest BCUT2D eigenvalue weighted by Gasteiger charge is 2.23. The van der Waals surface area contributed by atoms with E-state index in [1.54, 1.807) is 17.8 Å². The molecular formula is C24H27N5O. The van der Waals surface area contributed by atoms with E-state index in [1.165, 1.54) is 16.3 Å². The molecule has 6 heteroatoms. The third-order valence-corrected chi connectivity index (χ3v) is 6.43. The Morgan fingerprint density at radius 3 is 2.83 bits per heavy atom. The van der Waals surface area contributed by atoms with Gasteiger partial charge in [0, 0.05) is 32.4 Å². The first-order chi connectivity index (χ1) is 14.5. The molecule has 154 valence electrons. The first kappa shape index (κ1) is 18.9. The van der Waals surface area contributed by atoms with Gasteiger partial charge in [-0.3, -0.25) is 9.13 Å². The van der Waals surface area contributed by atoms with Gasteiger partial charge < -0.3 is 10.6 Å². The molecule has 1 aliphatic heterocycles. The summed E-state index contributed by atoms with van der Waals surface area (Å²) < 4.78 is 3.52. The monoisotopic (exact) mass is 401 g/mol. The molecule has 2 aromatic carbocycles. The third kappa shape index (κ3) is 2.99. The number of pyridine rings is 1. The number of hydrogen-bond donors (Lipinski definition) is 1. The zero-order valence-electron chi connectivity index (χ0n) is 17.5. The number of aromatic nitrogens is 3. The van der Waals surface area contributed by atoms with E-state index in [0.29, 0.717) is 6.54 Å². The molecular weight excluding hydrogens is 374 g/mol. The van der Waals surface area contributed by atoms with Crippen molar-refractivity contribution in [3.05, 3.63) is 70.3 Å². The second kappa shape index (κ2) is 7.29. The Kier molecular flexibility index (Phi) is 4.59. The molecule has 2 aromatic heterocycles. The average molecular weight is 402 g/mol. The number of benzene rings is 2. The van der Waals surface area contributed by atoms with Crippen LogP contribution in [0.5, 0.6) is 0 Å². The molecule has 1 fully saturated rings. The van der Waals surface area contributed by atoms with E-state index in [9.17, 15) is 4.79 Å². The van der Waals surface area contributed by atoms with Crippen LogP contribution in [0.1, 0.15) is 24.0 Å². The summed E-state index contributed by atoms with van der Waals surface area (Å²) in [4.78, 5) is 20.1. The molecule has 0 unspecified atom stereocenters. The van der Waals surface area contributed by atoms with Crippen LogP contribution >= 0.6 is 0 Å². The molecule has 1 atom stereocenters. The number of nitrogens with zero attached hydrogens (tertiary/aromatic N) is 4. The number of aryl methyl sites for hydroxylation is 2. The maximum Gasteiger partial charge on any atom is 0.330 e. The fraction of sp³-hybridized carbons (Fsp3) is 0.333. The van der Waals surface area contributed by atoms with Crippen LogP contribution in [0.4, 0.5) is 5.69 Å². The predicted molar refractivity (Wildman–Crippen MR) is 122 cm³/mol. The maximum absolute atomic E-state index is 13.2. The highest BCUT2D eigenvalue weighted by molar-refractivity contribution is 5.88. The van der Waals surface area contributed by atoms with Crippen LogP contribution in [-0.4, -0.2) is 33.2 Å². The molecule has 4 aromatic rings. The van der Waals surface area contributed by atoms with Gasteiger partial charge in [-0.25, -0.2) is 9.78 Å². The van der Waals surface area contributed by atoms with E-state index < -0.39 is 0 Å². The molecule has 0 spiro atoms. The van der Waals surface area contributed by atoms with Crippen molar-refractivity contribution >= 4 is 27.6 Å². The van der Waals surface area contributed by atoms with Crippen LogP contribution in [-0.2, 0) is 13.6 Å². The minimum atomic E-state index is -0.0428. The fourth-order valence-electron chi connectivity index (χ4n) is 4.75. The molecule has 30 heavy (non-hydrogen) atoms. The molecule has 0 radical (unpaired) electrons. The van der Waals surface area contributed by atoms with Crippen molar-refractivity contribution in [2.24, 2.45) is 12.8 Å². The summed E-state index contributed by atoms with van der Waals surface area (Å²) in [7, 11) is 1.80. The van der Waals surface area contributed by atoms with E-state index >= 15 is 0 Å². The Hall–Kier alpha value is -3.12. The van der Waals surface area contributed by atoms with Crippen LogP contribution in [0.2, 0.25) is 0 Å². The molecule has 0 bridgehead atoms. The van der Waals surface area contributed by atoms with Gasteiger partial charge in [0.05, 0.1) is 12.2 Å². The predicted octanol–water partition coefficient (Wildman–Crippen LogP) is 3.17. The van der Waals surface area contributed by atoms with Crippen molar-refractivity contribution in [1.82, 2.24) is 14.1 Å². The summed E-state index contributed by atoms with van der Waals surface area (Å²) in [6.45, 7) is 4.41. The lowest BCUT2D eigenvalue weighted by atomic mass is 10.00. The van der Waals surface area contributed by atoms with E-state index in [2.05, 4.69) is 53.2 Å². The van der Waals surface area contributed by atoms with Crippen LogP contribution in [0, 0.1) is 6.92 Å². The molecule has 5 rings (SSSR count). The second-order valence-corrected chi connectivity index (χ2v) is 8.35. The minimum Gasteiger partial charge on any atom is -0.368 e. The SMILES string of the molecule is Cc1c(Cn2c(=O)n(C)c3nccc(N4CCC[C@@H](N)C4)c32)ccc2ccccc12. The van der Waals surface area contributed by atoms with E-state index in [0.717, 1.165) is 48.3 Å². The molecule has 6 nitrogen and oxygen atoms in total. The smallest absolute Gasteiger partial charge is 0.330 e. The van der Waals surface area contributed by atoms with Gasteiger partial charge in [0.15, 0.2) is 5.65 Å². The standard InChI is InChI=1S/C24H27N5O/c1-16-18(10-9-17-6-3-4-8-20(16)17)14-29-22-21(28-13-5-7-19(25)15-28)11-12-26-23(22)27(2)24(29)30/h3-4,6,8-12,19H,5,7,13-15,25H2,1-2H3/t19-/m1/s1. The summed E-state index contributed by atoms with van der Waals surface area (Å²) in [5.74, 6) is 0. The lowest BCUT2D eigenvalue weighted by molar-refractivity contribution is 0.506. The lowest BCUT2D eigenvalue weighted by Gasteiger charge is -2.33. The number of piperidine rings is 1. The Bertz CT molecular complexity index is 1300. The van der Waals surface area contributed by atoms with Gasteiger partial charge in [0.25, 0.3) is 0 Å². The fourth-order valence-corrected chi connectivity index (χ4v) is 4.75. The van der Waals surface area contributed by atoms with Gasteiger partial charge in [0.2, 0.25) is 0 Å². The van der Waals surface area contributed by atoms with Crippen LogP contribution in [0.25, 0.3) is 21.9 Å². The Balaban J connectivity index is 1.67. The Labute approximate surface area is 175 Å². The lowest BCUT2D eigenvalue weighted by Crippen LogP contribution is -2.43.